The van der Waals surface area contributed by atoms with Crippen LogP contribution in [0.5, 0.6) is 5.75 Å². The Hall–Kier alpha value is -3.57. The Balaban J connectivity index is 1.65. The monoisotopic (exact) mass is 599 g/mol. The van der Waals surface area contributed by atoms with E-state index in [0.29, 0.717) is 21.5 Å². The summed E-state index contributed by atoms with van der Waals surface area (Å²) in [6.45, 7) is 0. The molecular weight excluding hydrogens is 586 g/mol. The SMILES string of the molecule is COc1ccc(Br)cc1C1C(N2C(=O)c3cccc([N+](=O)[O-])c3C2=O)C(=O)N1c1ccc(Br)cc1. The van der Waals surface area contributed by atoms with Gasteiger partial charge in [-0.3, -0.25) is 29.4 Å². The topological polar surface area (TPSA) is 110 Å². The highest BCUT2D eigenvalue weighted by Crippen LogP contribution is 2.48. The van der Waals surface area contributed by atoms with Crippen molar-refractivity contribution in [2.75, 3.05) is 12.0 Å². The lowest BCUT2D eigenvalue weighted by Gasteiger charge is -2.50. The number of nitro benzene ring substituents is 1. The van der Waals surface area contributed by atoms with E-state index in [1.807, 2.05) is 0 Å². The number of halogens is 2. The van der Waals surface area contributed by atoms with Gasteiger partial charge in [-0.1, -0.05) is 37.9 Å². The van der Waals surface area contributed by atoms with Crippen LogP contribution in [0.25, 0.3) is 0 Å². The zero-order chi connectivity index (χ0) is 25.0. The Morgan fingerprint density at radius 3 is 2.23 bits per heavy atom. The Kier molecular flexibility index (Phi) is 5.68. The van der Waals surface area contributed by atoms with Crippen LogP contribution in [0.4, 0.5) is 11.4 Å². The average Bonchev–Trinajstić information content (AvgIpc) is 3.08. The maximum Gasteiger partial charge on any atom is 0.282 e. The molecule has 0 saturated carbocycles. The molecule has 11 heteroatoms. The summed E-state index contributed by atoms with van der Waals surface area (Å²) in [6.07, 6.45) is 0. The van der Waals surface area contributed by atoms with Crippen molar-refractivity contribution in [2.45, 2.75) is 12.1 Å². The molecule has 0 aromatic heterocycles. The third kappa shape index (κ3) is 3.53. The third-order valence-electron chi connectivity index (χ3n) is 6.08. The van der Waals surface area contributed by atoms with Crippen LogP contribution in [0.15, 0.2) is 69.6 Å². The first kappa shape index (κ1) is 23.2. The fourth-order valence-corrected chi connectivity index (χ4v) is 5.19. The number of carbonyl (C=O) groups is 3. The molecule has 2 atom stereocenters. The maximum absolute atomic E-state index is 13.5. The van der Waals surface area contributed by atoms with Gasteiger partial charge in [-0.25, -0.2) is 0 Å². The number of methoxy groups -OCH3 is 1. The van der Waals surface area contributed by atoms with Crippen molar-refractivity contribution in [3.8, 4) is 5.75 Å². The van der Waals surface area contributed by atoms with Crippen LogP contribution in [0.2, 0.25) is 0 Å². The van der Waals surface area contributed by atoms with E-state index in [0.717, 1.165) is 9.37 Å². The van der Waals surface area contributed by atoms with Crippen LogP contribution < -0.4 is 9.64 Å². The van der Waals surface area contributed by atoms with Crippen LogP contribution in [-0.4, -0.2) is 40.7 Å². The number of rotatable bonds is 5. The number of anilines is 1. The van der Waals surface area contributed by atoms with Gasteiger partial charge in [-0.2, -0.15) is 0 Å². The largest absolute Gasteiger partial charge is 0.496 e. The lowest BCUT2D eigenvalue weighted by atomic mass is 9.85. The molecule has 9 nitrogen and oxygen atoms in total. The highest BCUT2D eigenvalue weighted by atomic mass is 79.9. The molecule has 0 spiro atoms. The van der Waals surface area contributed by atoms with E-state index in [9.17, 15) is 24.5 Å². The quantitative estimate of drug-likeness (QED) is 0.179. The highest BCUT2D eigenvalue weighted by Gasteiger charge is 2.59. The van der Waals surface area contributed by atoms with Gasteiger partial charge in [0.15, 0.2) is 0 Å². The lowest BCUT2D eigenvalue weighted by Crippen LogP contribution is -2.67. The van der Waals surface area contributed by atoms with Crippen molar-refractivity contribution in [3.05, 3.63) is 96.4 Å². The Bertz CT molecular complexity index is 1430. The third-order valence-corrected chi connectivity index (χ3v) is 7.10. The number of hydrogen-bond acceptors (Lipinski definition) is 6. The number of β-lactam (4-membered cyclic amide) rings is 1. The molecule has 176 valence electrons. The Morgan fingerprint density at radius 2 is 1.57 bits per heavy atom. The van der Waals surface area contributed by atoms with Gasteiger partial charge >= 0.3 is 0 Å². The van der Waals surface area contributed by atoms with Gasteiger partial charge in [0.2, 0.25) is 0 Å². The zero-order valence-corrected chi connectivity index (χ0v) is 21.1. The van der Waals surface area contributed by atoms with Crippen molar-refractivity contribution in [1.82, 2.24) is 4.90 Å². The first-order valence-electron chi connectivity index (χ1n) is 10.3. The van der Waals surface area contributed by atoms with Crippen molar-refractivity contribution in [2.24, 2.45) is 0 Å². The fourth-order valence-electron chi connectivity index (χ4n) is 4.55. The standard InChI is InChI=1S/C24H15Br2N3O6/c1-35-18-10-7-13(26)11-16(18)20-21(24(32)27(20)14-8-5-12(25)6-9-14)28-22(30)15-3-2-4-17(29(33)34)19(15)23(28)31/h2-11,20-21H,1H3. The summed E-state index contributed by atoms with van der Waals surface area (Å²) in [5.74, 6) is -1.65. The molecule has 3 amide bonds. The maximum atomic E-state index is 13.5. The van der Waals surface area contributed by atoms with E-state index in [-0.39, 0.29) is 11.1 Å². The minimum Gasteiger partial charge on any atom is -0.496 e. The normalized spacial score (nSPS) is 19.0. The average molecular weight is 601 g/mol. The molecule has 3 aromatic rings. The fraction of sp³-hybridized carbons (Fsp3) is 0.125. The van der Waals surface area contributed by atoms with Gasteiger partial charge in [0, 0.05) is 26.3 Å². The summed E-state index contributed by atoms with van der Waals surface area (Å²) < 4.78 is 7.05. The van der Waals surface area contributed by atoms with E-state index in [2.05, 4.69) is 31.9 Å². The second kappa shape index (κ2) is 8.58. The molecule has 2 heterocycles. The van der Waals surface area contributed by atoms with Crippen molar-refractivity contribution < 1.29 is 24.0 Å². The number of nitrogens with zero attached hydrogens (tertiary/aromatic N) is 3. The van der Waals surface area contributed by atoms with E-state index >= 15 is 0 Å². The molecular formula is C24H15Br2N3O6. The van der Waals surface area contributed by atoms with E-state index in [1.165, 1.54) is 30.2 Å². The summed E-state index contributed by atoms with van der Waals surface area (Å²) in [6, 6.07) is 14.1. The van der Waals surface area contributed by atoms with Gasteiger partial charge in [0.25, 0.3) is 23.4 Å². The number of hydrogen-bond donors (Lipinski definition) is 0. The van der Waals surface area contributed by atoms with Crippen LogP contribution in [0, 0.1) is 10.1 Å². The summed E-state index contributed by atoms with van der Waals surface area (Å²) in [4.78, 5) is 53.4. The first-order chi connectivity index (χ1) is 16.7. The molecule has 1 saturated heterocycles. The van der Waals surface area contributed by atoms with E-state index in [1.54, 1.807) is 42.5 Å². The highest BCUT2D eigenvalue weighted by molar-refractivity contribution is 9.10. The Morgan fingerprint density at radius 1 is 0.886 bits per heavy atom. The van der Waals surface area contributed by atoms with Crippen molar-refractivity contribution >= 4 is 61.0 Å². The van der Waals surface area contributed by atoms with Gasteiger partial charge in [-0.05, 0) is 48.5 Å². The Labute approximate surface area is 215 Å². The molecule has 0 N–H and O–H groups in total. The molecule has 35 heavy (non-hydrogen) atoms. The first-order valence-corrected chi connectivity index (χ1v) is 11.9. The van der Waals surface area contributed by atoms with Crippen LogP contribution >= 0.6 is 31.9 Å². The summed E-state index contributed by atoms with van der Waals surface area (Å²) in [5, 5.41) is 11.5. The predicted octanol–water partition coefficient (Wildman–Crippen LogP) is 4.88. The molecule has 3 aromatic carbocycles. The summed E-state index contributed by atoms with van der Waals surface area (Å²) >= 11 is 6.81. The zero-order valence-electron chi connectivity index (χ0n) is 18.0. The van der Waals surface area contributed by atoms with E-state index < -0.39 is 40.4 Å². The van der Waals surface area contributed by atoms with Crippen LogP contribution in [-0.2, 0) is 4.79 Å². The summed E-state index contributed by atoms with van der Waals surface area (Å²) in [7, 11) is 1.48. The smallest absolute Gasteiger partial charge is 0.282 e. The van der Waals surface area contributed by atoms with Crippen molar-refractivity contribution in [3.63, 3.8) is 0 Å². The van der Waals surface area contributed by atoms with E-state index in [4.69, 9.17) is 4.74 Å². The van der Waals surface area contributed by atoms with Gasteiger partial charge in [0.05, 0.1) is 23.6 Å². The molecule has 0 bridgehead atoms. The second-order valence-corrected chi connectivity index (χ2v) is 9.73. The predicted molar refractivity (Wildman–Crippen MR) is 132 cm³/mol. The number of benzene rings is 3. The number of imide groups is 1. The molecule has 2 aliphatic rings. The number of amides is 3. The molecule has 2 unspecified atom stereocenters. The number of carbonyl (C=O) groups excluding carboxylic acids is 3. The minimum absolute atomic E-state index is 0.0981. The van der Waals surface area contributed by atoms with Crippen molar-refractivity contribution in [1.29, 1.82) is 0 Å². The molecule has 1 fully saturated rings. The van der Waals surface area contributed by atoms with Gasteiger partial charge < -0.3 is 9.64 Å². The minimum atomic E-state index is -1.21. The number of nitro groups is 1. The summed E-state index contributed by atoms with van der Waals surface area (Å²) in [5.41, 5.74) is 0.248. The number of fused-ring (bicyclic) bond motifs is 1. The lowest BCUT2D eigenvalue weighted by molar-refractivity contribution is -0.385. The van der Waals surface area contributed by atoms with Crippen LogP contribution in [0.1, 0.15) is 32.3 Å². The molecule has 0 aliphatic carbocycles. The molecule has 2 aliphatic heterocycles. The molecule has 0 radical (unpaired) electrons. The van der Waals surface area contributed by atoms with Crippen LogP contribution in [0.3, 0.4) is 0 Å². The second-order valence-electron chi connectivity index (χ2n) is 7.90. The number of ether oxygens (including phenoxy) is 1. The van der Waals surface area contributed by atoms with Gasteiger partial charge in [-0.15, -0.1) is 0 Å². The van der Waals surface area contributed by atoms with Gasteiger partial charge in [0.1, 0.15) is 17.4 Å². The molecule has 5 rings (SSSR count).